The van der Waals surface area contributed by atoms with E-state index in [0.717, 1.165) is 16.6 Å². The van der Waals surface area contributed by atoms with Gasteiger partial charge in [0.25, 0.3) is 0 Å². The van der Waals surface area contributed by atoms with Gasteiger partial charge in [-0.3, -0.25) is 9.48 Å². The summed E-state index contributed by atoms with van der Waals surface area (Å²) in [5, 5.41) is 6.54. The average molecular weight is 264 g/mol. The lowest BCUT2D eigenvalue weighted by Crippen LogP contribution is -2.09. The van der Waals surface area contributed by atoms with Crippen LogP contribution in [0.25, 0.3) is 10.8 Å². The van der Waals surface area contributed by atoms with Crippen LogP contribution in [-0.2, 0) is 13.5 Å². The van der Waals surface area contributed by atoms with Gasteiger partial charge in [-0.1, -0.05) is 42.5 Å². The van der Waals surface area contributed by atoms with Crippen molar-refractivity contribution in [3.05, 3.63) is 65.5 Å². The molecule has 0 fully saturated rings. The van der Waals surface area contributed by atoms with Crippen molar-refractivity contribution in [3.63, 3.8) is 0 Å². The third-order valence-corrected chi connectivity index (χ3v) is 3.52. The molecule has 3 aromatic rings. The highest BCUT2D eigenvalue weighted by molar-refractivity contribution is 5.99. The van der Waals surface area contributed by atoms with E-state index in [2.05, 4.69) is 23.3 Å². The number of Topliss-reactive ketones (excluding diaryl/α,β-unsaturated/α-hetero) is 1. The number of rotatable bonds is 3. The van der Waals surface area contributed by atoms with Crippen LogP contribution in [0, 0.1) is 6.92 Å². The highest BCUT2D eigenvalue weighted by Gasteiger charge is 2.13. The van der Waals surface area contributed by atoms with E-state index in [0.29, 0.717) is 12.1 Å². The molecule has 0 aliphatic heterocycles. The maximum atomic E-state index is 12.4. The minimum Gasteiger partial charge on any atom is -0.292 e. The van der Waals surface area contributed by atoms with E-state index in [9.17, 15) is 4.79 Å². The van der Waals surface area contributed by atoms with Crippen LogP contribution in [0.2, 0.25) is 0 Å². The lowest BCUT2D eigenvalue weighted by Gasteiger charge is -2.06. The smallest absolute Gasteiger partial charge is 0.185 e. The number of benzene rings is 2. The Kier molecular flexibility index (Phi) is 3.11. The predicted octanol–water partition coefficient (Wildman–Crippen LogP) is 3.31. The SMILES string of the molecule is Cc1cc(C(=O)Cc2cccc3ccccc23)n(C)n1. The molecule has 0 amide bonds. The van der Waals surface area contributed by atoms with E-state index in [1.807, 2.05) is 44.3 Å². The molecule has 0 bridgehead atoms. The molecular weight excluding hydrogens is 248 g/mol. The summed E-state index contributed by atoms with van der Waals surface area (Å²) in [6.07, 6.45) is 0.403. The molecule has 2 aromatic carbocycles. The number of hydrogen-bond donors (Lipinski definition) is 0. The molecule has 3 heteroatoms. The van der Waals surface area contributed by atoms with E-state index >= 15 is 0 Å². The fourth-order valence-corrected chi connectivity index (χ4v) is 2.58. The van der Waals surface area contributed by atoms with Crippen LogP contribution in [0.3, 0.4) is 0 Å². The molecule has 20 heavy (non-hydrogen) atoms. The summed E-state index contributed by atoms with van der Waals surface area (Å²) >= 11 is 0. The molecule has 1 aromatic heterocycles. The van der Waals surface area contributed by atoms with Crippen LogP contribution in [-0.4, -0.2) is 15.6 Å². The van der Waals surface area contributed by atoms with Gasteiger partial charge in [-0.05, 0) is 29.3 Å². The summed E-state index contributed by atoms with van der Waals surface area (Å²) in [5.74, 6) is 0.101. The third kappa shape index (κ3) is 2.23. The van der Waals surface area contributed by atoms with Crippen molar-refractivity contribution in [1.29, 1.82) is 0 Å². The monoisotopic (exact) mass is 264 g/mol. The van der Waals surface area contributed by atoms with E-state index < -0.39 is 0 Å². The zero-order valence-corrected chi connectivity index (χ0v) is 11.6. The molecule has 0 aliphatic rings. The number of aromatic nitrogens is 2. The molecule has 0 radical (unpaired) electrons. The van der Waals surface area contributed by atoms with Gasteiger partial charge in [0.2, 0.25) is 0 Å². The normalized spacial score (nSPS) is 10.9. The van der Waals surface area contributed by atoms with E-state index in [1.165, 1.54) is 5.39 Å². The fourth-order valence-electron chi connectivity index (χ4n) is 2.58. The molecule has 3 rings (SSSR count). The van der Waals surface area contributed by atoms with Crippen LogP contribution in [0.15, 0.2) is 48.5 Å². The van der Waals surface area contributed by atoms with Gasteiger partial charge in [0.15, 0.2) is 5.78 Å². The van der Waals surface area contributed by atoms with E-state index in [1.54, 1.807) is 4.68 Å². The Balaban J connectivity index is 1.97. The Morgan fingerprint density at radius 1 is 1.15 bits per heavy atom. The second-order valence-electron chi connectivity index (χ2n) is 5.03. The Labute approximate surface area is 117 Å². The van der Waals surface area contributed by atoms with E-state index in [-0.39, 0.29) is 5.78 Å². The zero-order chi connectivity index (χ0) is 14.1. The van der Waals surface area contributed by atoms with E-state index in [4.69, 9.17) is 0 Å². The Bertz CT molecular complexity index is 781. The molecule has 0 saturated heterocycles. The number of nitrogens with zero attached hydrogens (tertiary/aromatic N) is 2. The molecule has 0 unspecified atom stereocenters. The summed E-state index contributed by atoms with van der Waals surface area (Å²) in [5.41, 5.74) is 2.59. The summed E-state index contributed by atoms with van der Waals surface area (Å²) in [4.78, 5) is 12.4. The van der Waals surface area contributed by atoms with Gasteiger partial charge in [-0.25, -0.2) is 0 Å². The van der Waals surface area contributed by atoms with Gasteiger partial charge in [0, 0.05) is 13.5 Å². The lowest BCUT2D eigenvalue weighted by atomic mass is 9.99. The number of hydrogen-bond acceptors (Lipinski definition) is 2. The first-order valence-corrected chi connectivity index (χ1v) is 6.65. The molecule has 0 spiro atoms. The Morgan fingerprint density at radius 2 is 1.90 bits per heavy atom. The standard InChI is InChI=1S/C17H16N2O/c1-12-10-16(19(2)18-12)17(20)11-14-8-5-7-13-6-3-4-9-15(13)14/h3-10H,11H2,1-2H3. The highest BCUT2D eigenvalue weighted by atomic mass is 16.1. The summed E-state index contributed by atoms with van der Waals surface area (Å²) < 4.78 is 1.66. The van der Waals surface area contributed by atoms with Crippen molar-refractivity contribution in [3.8, 4) is 0 Å². The molecule has 1 heterocycles. The number of aryl methyl sites for hydroxylation is 2. The second-order valence-corrected chi connectivity index (χ2v) is 5.03. The molecule has 0 N–H and O–H groups in total. The first kappa shape index (κ1) is 12.6. The average Bonchev–Trinajstić information content (AvgIpc) is 2.78. The first-order valence-electron chi connectivity index (χ1n) is 6.65. The molecule has 3 nitrogen and oxygen atoms in total. The van der Waals surface area contributed by atoms with Gasteiger partial charge in [-0.15, -0.1) is 0 Å². The predicted molar refractivity (Wildman–Crippen MR) is 79.9 cm³/mol. The second kappa shape index (κ2) is 4.93. The van der Waals surface area contributed by atoms with Crippen LogP contribution in [0.5, 0.6) is 0 Å². The van der Waals surface area contributed by atoms with Gasteiger partial charge >= 0.3 is 0 Å². The zero-order valence-electron chi connectivity index (χ0n) is 11.6. The highest BCUT2D eigenvalue weighted by Crippen LogP contribution is 2.20. The number of carbonyl (C=O) groups is 1. The van der Waals surface area contributed by atoms with Crippen LogP contribution < -0.4 is 0 Å². The molecular formula is C17H16N2O. The topological polar surface area (TPSA) is 34.9 Å². The van der Waals surface area contributed by atoms with Crippen LogP contribution in [0.1, 0.15) is 21.7 Å². The lowest BCUT2D eigenvalue weighted by molar-refractivity contribution is 0.0984. The largest absolute Gasteiger partial charge is 0.292 e. The maximum Gasteiger partial charge on any atom is 0.185 e. The molecule has 0 atom stereocenters. The maximum absolute atomic E-state index is 12.4. The van der Waals surface area contributed by atoms with Gasteiger partial charge in [0.1, 0.15) is 5.69 Å². The van der Waals surface area contributed by atoms with Gasteiger partial charge < -0.3 is 0 Å². The number of carbonyl (C=O) groups excluding carboxylic acids is 1. The first-order chi connectivity index (χ1) is 9.65. The van der Waals surface area contributed by atoms with Crippen molar-refractivity contribution in [2.24, 2.45) is 7.05 Å². The Hall–Kier alpha value is -2.42. The summed E-state index contributed by atoms with van der Waals surface area (Å²) in [6.45, 7) is 1.90. The van der Waals surface area contributed by atoms with Crippen molar-refractivity contribution >= 4 is 16.6 Å². The van der Waals surface area contributed by atoms with Gasteiger partial charge in [-0.2, -0.15) is 5.10 Å². The molecule has 100 valence electrons. The fraction of sp³-hybridized carbons (Fsp3) is 0.176. The third-order valence-electron chi connectivity index (χ3n) is 3.52. The van der Waals surface area contributed by atoms with Crippen molar-refractivity contribution in [2.75, 3.05) is 0 Å². The summed E-state index contributed by atoms with van der Waals surface area (Å²) in [7, 11) is 1.81. The van der Waals surface area contributed by atoms with Crippen LogP contribution in [0.4, 0.5) is 0 Å². The number of fused-ring (bicyclic) bond motifs is 1. The quantitative estimate of drug-likeness (QED) is 0.680. The molecule has 0 saturated carbocycles. The van der Waals surface area contributed by atoms with Crippen LogP contribution >= 0.6 is 0 Å². The van der Waals surface area contributed by atoms with Crippen molar-refractivity contribution in [1.82, 2.24) is 9.78 Å². The minimum absolute atomic E-state index is 0.101. The summed E-state index contributed by atoms with van der Waals surface area (Å²) in [6, 6.07) is 16.1. The van der Waals surface area contributed by atoms with Crippen molar-refractivity contribution in [2.45, 2.75) is 13.3 Å². The molecule has 0 aliphatic carbocycles. The minimum atomic E-state index is 0.101. The Morgan fingerprint density at radius 3 is 2.65 bits per heavy atom. The van der Waals surface area contributed by atoms with Crippen molar-refractivity contribution < 1.29 is 4.79 Å². The number of ketones is 1. The van der Waals surface area contributed by atoms with Gasteiger partial charge in [0.05, 0.1) is 5.69 Å².